The van der Waals surface area contributed by atoms with Gasteiger partial charge >= 0.3 is 6.03 Å². The minimum absolute atomic E-state index is 0.115. The second-order valence-electron chi connectivity index (χ2n) is 8.65. The SMILES string of the molecule is CCCCn1c(=O)c(NC(=O)Nc2c(OC)cc(OC)cc2OC)c(-c2cccc(OC)c2)c2cccnc21. The maximum absolute atomic E-state index is 13.9. The van der Waals surface area contributed by atoms with Crippen molar-refractivity contribution in [2.45, 2.75) is 26.3 Å². The molecule has 39 heavy (non-hydrogen) atoms. The topological polar surface area (TPSA) is 113 Å². The highest BCUT2D eigenvalue weighted by molar-refractivity contribution is 6.08. The lowest BCUT2D eigenvalue weighted by molar-refractivity contribution is 0.261. The van der Waals surface area contributed by atoms with Crippen molar-refractivity contribution in [2.24, 2.45) is 0 Å². The molecule has 0 spiro atoms. The molecule has 0 aliphatic heterocycles. The zero-order chi connectivity index (χ0) is 27.9. The fourth-order valence-corrected chi connectivity index (χ4v) is 4.39. The molecule has 2 amide bonds. The van der Waals surface area contributed by atoms with E-state index in [-0.39, 0.29) is 16.9 Å². The molecule has 0 atom stereocenters. The lowest BCUT2D eigenvalue weighted by Crippen LogP contribution is -2.30. The third kappa shape index (κ3) is 5.59. The van der Waals surface area contributed by atoms with Gasteiger partial charge in [-0.05, 0) is 36.2 Å². The molecule has 0 aliphatic rings. The minimum Gasteiger partial charge on any atom is -0.497 e. The molecule has 0 bridgehead atoms. The number of hydrogen-bond donors (Lipinski definition) is 2. The Labute approximate surface area is 226 Å². The molecular formula is C29H32N4O6. The first-order chi connectivity index (χ1) is 18.9. The number of unbranched alkanes of at least 4 members (excludes halogenated alkanes) is 1. The standard InChI is InChI=1S/C29H32N4O6/c1-6-7-14-33-27-21(12-9-13-30-27)24(18-10-8-11-19(15-18)36-2)26(28(33)34)32-29(35)31-25-22(38-4)16-20(37-3)17-23(25)39-5/h8-13,15-17H,6-7,14H2,1-5H3,(H2,31,32,35). The van der Waals surface area contributed by atoms with Gasteiger partial charge in [0.15, 0.2) is 0 Å². The van der Waals surface area contributed by atoms with Crippen molar-refractivity contribution in [2.75, 3.05) is 39.1 Å². The van der Waals surface area contributed by atoms with Crippen LogP contribution in [0, 0.1) is 0 Å². The number of carbonyl (C=O) groups excluding carboxylic acids is 1. The number of ether oxygens (including phenoxy) is 4. The summed E-state index contributed by atoms with van der Waals surface area (Å²) in [5.74, 6) is 1.77. The highest BCUT2D eigenvalue weighted by atomic mass is 16.5. The van der Waals surface area contributed by atoms with E-state index < -0.39 is 6.03 Å². The van der Waals surface area contributed by atoms with E-state index in [2.05, 4.69) is 15.6 Å². The first-order valence-corrected chi connectivity index (χ1v) is 12.5. The average Bonchev–Trinajstić information content (AvgIpc) is 2.97. The van der Waals surface area contributed by atoms with E-state index in [0.717, 1.165) is 18.2 Å². The predicted molar refractivity (Wildman–Crippen MR) is 152 cm³/mol. The van der Waals surface area contributed by atoms with E-state index in [9.17, 15) is 9.59 Å². The van der Waals surface area contributed by atoms with Crippen molar-refractivity contribution in [1.82, 2.24) is 9.55 Å². The van der Waals surface area contributed by atoms with E-state index >= 15 is 0 Å². The molecule has 4 rings (SSSR count). The molecule has 10 nitrogen and oxygen atoms in total. The van der Waals surface area contributed by atoms with Crippen LogP contribution in [-0.2, 0) is 6.54 Å². The van der Waals surface area contributed by atoms with Gasteiger partial charge in [0.1, 0.15) is 40.0 Å². The highest BCUT2D eigenvalue weighted by Crippen LogP contribution is 2.39. The number of amides is 2. The van der Waals surface area contributed by atoms with Gasteiger partial charge in [0.2, 0.25) is 0 Å². The fraction of sp³-hybridized carbons (Fsp3) is 0.276. The Hall–Kier alpha value is -4.73. The molecule has 2 N–H and O–H groups in total. The normalized spacial score (nSPS) is 10.7. The summed E-state index contributed by atoms with van der Waals surface area (Å²) in [7, 11) is 6.04. The average molecular weight is 533 g/mol. The number of nitrogens with zero attached hydrogens (tertiary/aromatic N) is 2. The fourth-order valence-electron chi connectivity index (χ4n) is 4.39. The van der Waals surface area contributed by atoms with Crippen LogP contribution in [0.5, 0.6) is 23.0 Å². The van der Waals surface area contributed by atoms with Crippen molar-refractivity contribution in [1.29, 1.82) is 0 Å². The summed E-state index contributed by atoms with van der Waals surface area (Å²) in [4.78, 5) is 31.9. The Balaban J connectivity index is 1.88. The molecule has 0 aliphatic carbocycles. The van der Waals surface area contributed by atoms with Crippen LogP contribution in [0.4, 0.5) is 16.2 Å². The third-order valence-electron chi connectivity index (χ3n) is 6.31. The number of pyridine rings is 2. The second-order valence-corrected chi connectivity index (χ2v) is 8.65. The van der Waals surface area contributed by atoms with Crippen LogP contribution >= 0.6 is 0 Å². The molecule has 0 unspecified atom stereocenters. The van der Waals surface area contributed by atoms with Crippen LogP contribution in [0.15, 0.2) is 59.5 Å². The lowest BCUT2D eigenvalue weighted by Gasteiger charge is -2.19. The monoisotopic (exact) mass is 532 g/mol. The summed E-state index contributed by atoms with van der Waals surface area (Å²) in [6, 6.07) is 13.6. The smallest absolute Gasteiger partial charge is 0.324 e. The summed E-state index contributed by atoms with van der Waals surface area (Å²) in [6.45, 7) is 2.51. The zero-order valence-corrected chi connectivity index (χ0v) is 22.7. The molecule has 10 heteroatoms. The van der Waals surface area contributed by atoms with Crippen molar-refractivity contribution in [3.63, 3.8) is 0 Å². The molecule has 0 saturated carbocycles. The number of carbonyl (C=O) groups is 1. The Bertz CT molecular complexity index is 1520. The summed E-state index contributed by atoms with van der Waals surface area (Å²) in [5, 5.41) is 6.30. The van der Waals surface area contributed by atoms with Crippen molar-refractivity contribution >= 4 is 28.4 Å². The predicted octanol–water partition coefficient (Wildman–Crippen LogP) is 5.54. The van der Waals surface area contributed by atoms with Gasteiger partial charge in [-0.3, -0.25) is 9.36 Å². The maximum Gasteiger partial charge on any atom is 0.324 e. The van der Waals surface area contributed by atoms with Crippen LogP contribution in [0.3, 0.4) is 0 Å². The molecule has 2 aromatic carbocycles. The van der Waals surface area contributed by atoms with Crippen LogP contribution in [0.1, 0.15) is 19.8 Å². The first kappa shape index (κ1) is 27.3. The Morgan fingerprint density at radius 3 is 2.21 bits per heavy atom. The summed E-state index contributed by atoms with van der Waals surface area (Å²) < 4.78 is 23.2. The number of rotatable bonds is 10. The molecule has 0 saturated heterocycles. The second kappa shape index (κ2) is 12.2. The minimum atomic E-state index is -0.650. The van der Waals surface area contributed by atoms with Crippen LogP contribution in [0.2, 0.25) is 0 Å². The Kier molecular flexibility index (Phi) is 8.55. The van der Waals surface area contributed by atoms with Gasteiger partial charge in [0.25, 0.3) is 5.56 Å². The first-order valence-electron chi connectivity index (χ1n) is 12.5. The van der Waals surface area contributed by atoms with Gasteiger partial charge < -0.3 is 29.6 Å². The van der Waals surface area contributed by atoms with Gasteiger partial charge in [-0.2, -0.15) is 0 Å². The Morgan fingerprint density at radius 1 is 0.872 bits per heavy atom. The molecule has 2 aromatic heterocycles. The van der Waals surface area contributed by atoms with Gasteiger partial charge in [-0.1, -0.05) is 25.5 Å². The molecule has 204 valence electrons. The van der Waals surface area contributed by atoms with Crippen LogP contribution in [-0.4, -0.2) is 44.0 Å². The lowest BCUT2D eigenvalue weighted by atomic mass is 10.00. The number of hydrogen-bond acceptors (Lipinski definition) is 7. The molecule has 2 heterocycles. The number of aromatic nitrogens is 2. The van der Waals surface area contributed by atoms with E-state index in [1.54, 1.807) is 36.1 Å². The number of aryl methyl sites for hydroxylation is 1. The van der Waals surface area contributed by atoms with E-state index in [1.165, 1.54) is 21.3 Å². The van der Waals surface area contributed by atoms with Gasteiger partial charge in [0, 0.05) is 35.8 Å². The number of anilines is 2. The van der Waals surface area contributed by atoms with E-state index in [1.807, 2.05) is 37.3 Å². The maximum atomic E-state index is 13.9. The highest BCUT2D eigenvalue weighted by Gasteiger charge is 2.23. The molecular weight excluding hydrogens is 500 g/mol. The van der Waals surface area contributed by atoms with Gasteiger partial charge in [-0.25, -0.2) is 9.78 Å². The quantitative estimate of drug-likeness (QED) is 0.276. The summed E-state index contributed by atoms with van der Waals surface area (Å²) in [5.41, 5.74) is 1.81. The molecule has 4 aromatic rings. The van der Waals surface area contributed by atoms with E-state index in [0.29, 0.717) is 46.3 Å². The number of benzene rings is 2. The van der Waals surface area contributed by atoms with Crippen LogP contribution in [0.25, 0.3) is 22.2 Å². The van der Waals surface area contributed by atoms with Crippen molar-refractivity contribution in [3.8, 4) is 34.1 Å². The number of fused-ring (bicyclic) bond motifs is 1. The number of urea groups is 1. The Morgan fingerprint density at radius 2 is 1.56 bits per heavy atom. The largest absolute Gasteiger partial charge is 0.497 e. The molecule has 0 radical (unpaired) electrons. The van der Waals surface area contributed by atoms with Gasteiger partial charge in [0.05, 0.1) is 28.4 Å². The zero-order valence-electron chi connectivity index (χ0n) is 22.7. The van der Waals surface area contributed by atoms with Crippen molar-refractivity contribution in [3.05, 3.63) is 65.1 Å². The summed E-state index contributed by atoms with van der Waals surface area (Å²) in [6.07, 6.45) is 3.32. The number of methoxy groups -OCH3 is 4. The third-order valence-corrected chi connectivity index (χ3v) is 6.31. The number of nitrogens with one attached hydrogen (secondary N) is 2. The van der Waals surface area contributed by atoms with E-state index in [4.69, 9.17) is 18.9 Å². The van der Waals surface area contributed by atoms with Gasteiger partial charge in [-0.15, -0.1) is 0 Å². The van der Waals surface area contributed by atoms with Crippen molar-refractivity contribution < 1.29 is 23.7 Å². The summed E-state index contributed by atoms with van der Waals surface area (Å²) >= 11 is 0. The van der Waals surface area contributed by atoms with Crippen LogP contribution < -0.4 is 35.1 Å². The molecule has 0 fully saturated rings.